The van der Waals surface area contributed by atoms with Crippen LogP contribution in [0.4, 0.5) is 0 Å². The van der Waals surface area contributed by atoms with Crippen molar-refractivity contribution in [3.8, 4) is 0 Å². The van der Waals surface area contributed by atoms with Crippen molar-refractivity contribution in [1.29, 1.82) is 0 Å². The van der Waals surface area contributed by atoms with Crippen molar-refractivity contribution in [3.63, 3.8) is 0 Å². The van der Waals surface area contributed by atoms with Crippen molar-refractivity contribution >= 4 is 5.97 Å². The van der Waals surface area contributed by atoms with Crippen LogP contribution in [0.15, 0.2) is 0 Å². The van der Waals surface area contributed by atoms with Crippen LogP contribution in [0.5, 0.6) is 0 Å². The number of carboxylic acid groups (broad SMARTS) is 1. The Hall–Kier alpha value is -0.570. The van der Waals surface area contributed by atoms with Crippen LogP contribution in [0.25, 0.3) is 0 Å². The second-order valence-corrected chi connectivity index (χ2v) is 4.12. The molecule has 0 radical (unpaired) electrons. The summed E-state index contributed by atoms with van der Waals surface area (Å²) in [6.07, 6.45) is 4.79. The van der Waals surface area contributed by atoms with Crippen LogP contribution in [0.3, 0.4) is 0 Å². The quantitative estimate of drug-likeness (QED) is 0.655. The monoisotopic (exact) mass is 169 g/mol. The highest BCUT2D eigenvalue weighted by Crippen LogP contribution is 2.50. The number of aliphatic carboxylic acids is 1. The number of nitrogens with two attached hydrogens (primary N) is 1. The second kappa shape index (κ2) is 2.73. The maximum atomic E-state index is 10.7. The first-order valence-electron chi connectivity index (χ1n) is 4.68. The van der Waals surface area contributed by atoms with E-state index >= 15 is 0 Å². The fraction of sp³-hybridized carbons (Fsp3) is 0.889. The lowest BCUT2D eigenvalue weighted by Crippen LogP contribution is -2.40. The van der Waals surface area contributed by atoms with Crippen molar-refractivity contribution in [1.82, 2.24) is 0 Å². The minimum atomic E-state index is -0.821. The van der Waals surface area contributed by atoms with E-state index in [1.807, 2.05) is 0 Å². The molecule has 0 bridgehead atoms. The highest BCUT2D eigenvalue weighted by Gasteiger charge is 2.46. The largest absolute Gasteiger partial charge is 0.480 e. The Bertz CT molecular complexity index is 185. The topological polar surface area (TPSA) is 63.3 Å². The summed E-state index contributed by atoms with van der Waals surface area (Å²) in [5, 5.41) is 8.78. The number of hydrogen-bond donors (Lipinski definition) is 2. The average Bonchev–Trinajstić information content (AvgIpc) is 2.81. The third-order valence-corrected chi connectivity index (χ3v) is 3.03. The maximum Gasteiger partial charge on any atom is 0.320 e. The molecule has 1 unspecified atom stereocenters. The molecule has 3 nitrogen and oxygen atoms in total. The molecule has 0 amide bonds. The Morgan fingerprint density at radius 1 is 1.25 bits per heavy atom. The molecule has 0 heterocycles. The van der Waals surface area contributed by atoms with Gasteiger partial charge in [0.25, 0.3) is 0 Å². The zero-order valence-corrected chi connectivity index (χ0v) is 7.07. The minimum Gasteiger partial charge on any atom is -0.480 e. The Labute approximate surface area is 71.9 Å². The molecule has 2 aliphatic carbocycles. The number of rotatable bonds is 4. The molecule has 2 fully saturated rings. The predicted molar refractivity (Wildman–Crippen MR) is 44.5 cm³/mol. The second-order valence-electron chi connectivity index (χ2n) is 4.12. The smallest absolute Gasteiger partial charge is 0.320 e. The molecule has 2 rings (SSSR count). The zero-order chi connectivity index (χ0) is 8.72. The minimum absolute atomic E-state index is 0.280. The zero-order valence-electron chi connectivity index (χ0n) is 7.07. The lowest BCUT2D eigenvalue weighted by molar-refractivity contribution is -0.140. The normalized spacial score (nSPS) is 25.8. The van der Waals surface area contributed by atoms with Crippen molar-refractivity contribution < 1.29 is 9.90 Å². The molecule has 0 aromatic rings. The van der Waals surface area contributed by atoms with E-state index in [0.717, 1.165) is 0 Å². The van der Waals surface area contributed by atoms with Gasteiger partial charge in [0.2, 0.25) is 0 Å². The molecule has 1 atom stereocenters. The van der Waals surface area contributed by atoms with Crippen LogP contribution < -0.4 is 5.73 Å². The number of carbonyl (C=O) groups is 1. The molecule has 3 heteroatoms. The van der Waals surface area contributed by atoms with Gasteiger partial charge in [-0.2, -0.15) is 0 Å². The van der Waals surface area contributed by atoms with Gasteiger partial charge in [-0.05, 0) is 43.4 Å². The summed E-state index contributed by atoms with van der Waals surface area (Å²) in [4.78, 5) is 10.7. The van der Waals surface area contributed by atoms with Crippen molar-refractivity contribution in [3.05, 3.63) is 0 Å². The maximum absolute atomic E-state index is 10.7. The molecule has 3 N–H and O–H groups in total. The highest BCUT2D eigenvalue weighted by molar-refractivity contribution is 5.73. The fourth-order valence-corrected chi connectivity index (χ4v) is 2.10. The molecule has 2 saturated carbocycles. The van der Waals surface area contributed by atoms with E-state index < -0.39 is 12.0 Å². The van der Waals surface area contributed by atoms with Gasteiger partial charge in [-0.25, -0.2) is 0 Å². The highest BCUT2D eigenvalue weighted by atomic mass is 16.4. The van der Waals surface area contributed by atoms with E-state index in [4.69, 9.17) is 10.8 Å². The van der Waals surface area contributed by atoms with Gasteiger partial charge < -0.3 is 10.8 Å². The van der Waals surface area contributed by atoms with Crippen molar-refractivity contribution in [2.45, 2.75) is 31.7 Å². The Kier molecular flexibility index (Phi) is 1.83. The molecule has 0 aromatic carbocycles. The molecule has 0 aliphatic heterocycles. The molecule has 12 heavy (non-hydrogen) atoms. The van der Waals surface area contributed by atoms with Crippen molar-refractivity contribution in [2.24, 2.45) is 23.5 Å². The molecular formula is C9H15NO2. The van der Waals surface area contributed by atoms with Gasteiger partial charge in [0, 0.05) is 0 Å². The Balaban J connectivity index is 1.99. The molecule has 0 aromatic heterocycles. The molecule has 2 aliphatic rings. The van der Waals surface area contributed by atoms with Gasteiger partial charge in [-0.15, -0.1) is 0 Å². The Morgan fingerprint density at radius 2 is 1.67 bits per heavy atom. The number of carboxylic acids is 1. The lowest BCUT2D eigenvalue weighted by atomic mass is 9.90. The van der Waals surface area contributed by atoms with Crippen LogP contribution >= 0.6 is 0 Å². The van der Waals surface area contributed by atoms with E-state index in [-0.39, 0.29) is 5.92 Å². The van der Waals surface area contributed by atoms with E-state index in [1.165, 1.54) is 25.7 Å². The number of hydrogen-bond acceptors (Lipinski definition) is 2. The van der Waals surface area contributed by atoms with Gasteiger partial charge in [-0.3, -0.25) is 4.79 Å². The van der Waals surface area contributed by atoms with E-state index in [2.05, 4.69) is 0 Å². The molecular weight excluding hydrogens is 154 g/mol. The predicted octanol–water partition coefficient (Wildman–Crippen LogP) is 0.834. The van der Waals surface area contributed by atoms with Gasteiger partial charge >= 0.3 is 5.97 Å². The first kappa shape index (κ1) is 8.05. The summed E-state index contributed by atoms with van der Waals surface area (Å²) < 4.78 is 0. The third kappa shape index (κ3) is 1.46. The summed E-state index contributed by atoms with van der Waals surface area (Å²) >= 11 is 0. The Morgan fingerprint density at radius 3 is 1.92 bits per heavy atom. The van der Waals surface area contributed by atoms with Gasteiger partial charge in [0.1, 0.15) is 6.04 Å². The van der Waals surface area contributed by atoms with E-state index in [9.17, 15) is 4.79 Å². The summed E-state index contributed by atoms with van der Waals surface area (Å²) in [5.41, 5.74) is 5.64. The van der Waals surface area contributed by atoms with Crippen LogP contribution in [-0.2, 0) is 4.79 Å². The standard InChI is InChI=1S/C9H15NO2/c10-8(9(11)12)7(5-1-2-5)6-3-4-6/h5-8H,1-4,10H2,(H,11,12). The molecule has 0 spiro atoms. The lowest BCUT2D eigenvalue weighted by Gasteiger charge is -2.19. The van der Waals surface area contributed by atoms with E-state index in [0.29, 0.717) is 11.8 Å². The summed E-state index contributed by atoms with van der Waals surface area (Å²) in [6, 6.07) is -0.606. The van der Waals surface area contributed by atoms with E-state index in [1.54, 1.807) is 0 Å². The van der Waals surface area contributed by atoms with Gasteiger partial charge in [0.15, 0.2) is 0 Å². The van der Waals surface area contributed by atoms with Gasteiger partial charge in [0.05, 0.1) is 0 Å². The van der Waals surface area contributed by atoms with Crippen molar-refractivity contribution in [2.75, 3.05) is 0 Å². The third-order valence-electron chi connectivity index (χ3n) is 3.03. The van der Waals surface area contributed by atoms with Gasteiger partial charge in [-0.1, -0.05) is 0 Å². The molecule has 68 valence electrons. The first-order valence-corrected chi connectivity index (χ1v) is 4.68. The van der Waals surface area contributed by atoms with Crippen LogP contribution in [-0.4, -0.2) is 17.1 Å². The van der Waals surface area contributed by atoms with Crippen LogP contribution in [0.1, 0.15) is 25.7 Å². The molecule has 0 saturated heterocycles. The van der Waals surface area contributed by atoms with Crippen LogP contribution in [0.2, 0.25) is 0 Å². The summed E-state index contributed by atoms with van der Waals surface area (Å²) in [5.74, 6) is 0.716. The summed E-state index contributed by atoms with van der Waals surface area (Å²) in [6.45, 7) is 0. The SMILES string of the molecule is NC(C(=O)O)C(C1CC1)C1CC1. The summed E-state index contributed by atoms with van der Waals surface area (Å²) in [7, 11) is 0. The fourth-order valence-electron chi connectivity index (χ4n) is 2.10. The first-order chi connectivity index (χ1) is 5.70. The average molecular weight is 169 g/mol. The van der Waals surface area contributed by atoms with Crippen LogP contribution in [0, 0.1) is 17.8 Å².